The van der Waals surface area contributed by atoms with Crippen LogP contribution < -0.4 is 0 Å². The van der Waals surface area contributed by atoms with Gasteiger partial charge in [0.2, 0.25) is 0 Å². The van der Waals surface area contributed by atoms with Crippen LogP contribution in [0.3, 0.4) is 0 Å². The molecule has 9 nitrogen and oxygen atoms in total. The molecule has 1 N–H and O–H groups in total. The second-order valence-electron chi connectivity index (χ2n) is 16.4. The minimum atomic E-state index is -4.37. The van der Waals surface area contributed by atoms with Gasteiger partial charge in [0, 0.05) is 12.8 Å². The number of phosphoric acid groups is 1. The molecular weight excluding hydrogens is 701 g/mol. The van der Waals surface area contributed by atoms with Gasteiger partial charge in [0.1, 0.15) is 19.8 Å². The minimum absolute atomic E-state index is 0.0336. The van der Waals surface area contributed by atoms with Crippen molar-refractivity contribution in [3.8, 4) is 0 Å². The summed E-state index contributed by atoms with van der Waals surface area (Å²) in [7, 11) is 1.48. The highest BCUT2D eigenvalue weighted by Gasteiger charge is 2.27. The lowest BCUT2D eigenvalue weighted by molar-refractivity contribution is -0.870. The Morgan fingerprint density at radius 2 is 0.944 bits per heavy atom. The number of phosphoric ester groups is 1. The number of carbonyl (C=O) groups excluding carboxylic acids is 2. The highest BCUT2D eigenvalue weighted by atomic mass is 31.2. The van der Waals surface area contributed by atoms with Crippen molar-refractivity contribution in [2.45, 2.75) is 213 Å². The number of unbranched alkanes of at least 4 members (excludes halogenated alkanes) is 25. The van der Waals surface area contributed by atoms with E-state index in [1.54, 1.807) is 0 Å². The fourth-order valence-corrected chi connectivity index (χ4v) is 6.99. The van der Waals surface area contributed by atoms with Gasteiger partial charge < -0.3 is 18.9 Å². The molecule has 0 aliphatic heterocycles. The van der Waals surface area contributed by atoms with Crippen LogP contribution >= 0.6 is 7.82 Å². The Kier molecular flexibility index (Phi) is 36.5. The van der Waals surface area contributed by atoms with E-state index < -0.39 is 26.5 Å². The van der Waals surface area contributed by atoms with Gasteiger partial charge in [-0.05, 0) is 38.5 Å². The van der Waals surface area contributed by atoms with E-state index >= 15 is 0 Å². The number of hydrogen-bond acceptors (Lipinski definition) is 7. The molecule has 0 saturated heterocycles. The summed E-state index contributed by atoms with van der Waals surface area (Å²) < 4.78 is 34.3. The number of rotatable bonds is 41. The van der Waals surface area contributed by atoms with Gasteiger partial charge in [-0.1, -0.05) is 167 Å². The van der Waals surface area contributed by atoms with Crippen LogP contribution in [0.5, 0.6) is 0 Å². The van der Waals surface area contributed by atoms with Gasteiger partial charge in [0.05, 0.1) is 27.7 Å². The van der Waals surface area contributed by atoms with Crippen LogP contribution in [0.4, 0.5) is 0 Å². The average Bonchev–Trinajstić information content (AvgIpc) is 3.12. The molecule has 320 valence electrons. The quantitative estimate of drug-likeness (QED) is 0.0214. The largest absolute Gasteiger partial charge is 0.472 e. The predicted molar refractivity (Wildman–Crippen MR) is 224 cm³/mol. The molecule has 10 heteroatoms. The van der Waals surface area contributed by atoms with E-state index in [1.165, 1.54) is 122 Å². The van der Waals surface area contributed by atoms with Crippen molar-refractivity contribution >= 4 is 19.8 Å². The van der Waals surface area contributed by atoms with Crippen LogP contribution in [-0.4, -0.2) is 74.9 Å². The Morgan fingerprint density at radius 1 is 0.556 bits per heavy atom. The van der Waals surface area contributed by atoms with Crippen LogP contribution in [-0.2, 0) is 32.7 Å². The van der Waals surface area contributed by atoms with Gasteiger partial charge in [-0.3, -0.25) is 18.6 Å². The Balaban J connectivity index is 4.34. The zero-order chi connectivity index (χ0) is 40.0. The molecule has 0 radical (unpaired) electrons. The van der Waals surface area contributed by atoms with E-state index in [4.69, 9.17) is 18.5 Å². The van der Waals surface area contributed by atoms with Gasteiger partial charge in [-0.2, -0.15) is 0 Å². The van der Waals surface area contributed by atoms with Crippen molar-refractivity contribution < 1.29 is 42.1 Å². The van der Waals surface area contributed by atoms with Crippen molar-refractivity contribution in [1.29, 1.82) is 0 Å². The summed E-state index contributed by atoms with van der Waals surface area (Å²) >= 11 is 0. The first kappa shape index (κ1) is 52.8. The standard InChI is InChI=1S/C44H86NO8P/c1-6-8-10-12-14-16-18-20-22-24-26-28-30-32-34-36-43(46)50-40-42(41-52-54(48,49)51-39-38-45(3,4)5)53-44(47)37-35-33-31-29-27-25-23-21-19-17-15-13-11-9-7-2/h20,22,42H,6-19,21,23-41H2,1-5H3/p+1/b22-20-/t42-/m1/s1. The van der Waals surface area contributed by atoms with E-state index in [1.807, 2.05) is 21.1 Å². The lowest BCUT2D eigenvalue weighted by Gasteiger charge is -2.24. The lowest BCUT2D eigenvalue weighted by atomic mass is 10.0. The number of likely N-dealkylation sites (N-methyl/N-ethyl adjacent to an activating group) is 1. The molecular formula is C44H87NO8P+. The molecule has 0 aromatic carbocycles. The maximum Gasteiger partial charge on any atom is 0.472 e. The second kappa shape index (κ2) is 37.3. The summed E-state index contributed by atoms with van der Waals surface area (Å²) in [6.07, 6.45) is 38.2. The molecule has 0 spiro atoms. The number of hydrogen-bond donors (Lipinski definition) is 1. The van der Waals surface area contributed by atoms with Crippen LogP contribution in [0.1, 0.15) is 206 Å². The average molecular weight is 789 g/mol. The summed E-state index contributed by atoms with van der Waals surface area (Å²) in [5, 5.41) is 0. The molecule has 0 rings (SSSR count). The molecule has 0 bridgehead atoms. The Morgan fingerprint density at radius 3 is 1.37 bits per heavy atom. The van der Waals surface area contributed by atoms with E-state index in [0.717, 1.165) is 51.4 Å². The number of carbonyl (C=O) groups is 2. The normalized spacial score (nSPS) is 13.7. The predicted octanol–water partition coefficient (Wildman–Crippen LogP) is 12.6. The molecule has 0 aromatic heterocycles. The van der Waals surface area contributed by atoms with Crippen LogP contribution in [0.2, 0.25) is 0 Å². The first-order chi connectivity index (χ1) is 26.0. The molecule has 2 atom stereocenters. The first-order valence-electron chi connectivity index (χ1n) is 22.4. The van der Waals surface area contributed by atoms with Crippen LogP contribution in [0, 0.1) is 0 Å². The number of quaternary nitrogens is 1. The van der Waals surface area contributed by atoms with Crippen molar-refractivity contribution in [1.82, 2.24) is 0 Å². The molecule has 0 fully saturated rings. The summed E-state index contributed by atoms with van der Waals surface area (Å²) in [6.45, 7) is 4.43. The third kappa shape index (κ3) is 40.4. The molecule has 0 amide bonds. The Hall–Kier alpha value is -1.25. The summed E-state index contributed by atoms with van der Waals surface area (Å²) in [6, 6.07) is 0. The number of nitrogens with zero attached hydrogens (tertiary/aromatic N) is 1. The fourth-order valence-electron chi connectivity index (χ4n) is 6.24. The van der Waals surface area contributed by atoms with Gasteiger partial charge in [0.15, 0.2) is 6.10 Å². The van der Waals surface area contributed by atoms with E-state index in [-0.39, 0.29) is 32.0 Å². The molecule has 0 heterocycles. The minimum Gasteiger partial charge on any atom is -0.462 e. The van der Waals surface area contributed by atoms with Crippen molar-refractivity contribution in [2.24, 2.45) is 0 Å². The third-order valence-corrected chi connectivity index (χ3v) is 10.8. The lowest BCUT2D eigenvalue weighted by Crippen LogP contribution is -2.37. The van der Waals surface area contributed by atoms with Gasteiger partial charge in [-0.25, -0.2) is 4.57 Å². The topological polar surface area (TPSA) is 108 Å². The second-order valence-corrected chi connectivity index (χ2v) is 17.9. The van der Waals surface area contributed by atoms with E-state index in [9.17, 15) is 19.0 Å². The molecule has 0 aliphatic carbocycles. The highest BCUT2D eigenvalue weighted by molar-refractivity contribution is 7.47. The zero-order valence-corrected chi connectivity index (χ0v) is 36.9. The highest BCUT2D eigenvalue weighted by Crippen LogP contribution is 2.43. The summed E-state index contributed by atoms with van der Waals surface area (Å²) in [5.41, 5.74) is 0. The number of allylic oxidation sites excluding steroid dienone is 2. The van der Waals surface area contributed by atoms with Crippen molar-refractivity contribution in [3.05, 3.63) is 12.2 Å². The third-order valence-electron chi connectivity index (χ3n) is 9.80. The maximum atomic E-state index is 12.7. The van der Waals surface area contributed by atoms with Gasteiger partial charge >= 0.3 is 19.8 Å². The summed E-state index contributed by atoms with van der Waals surface area (Å²) in [4.78, 5) is 35.3. The fraction of sp³-hybridized carbons (Fsp3) is 0.909. The molecule has 0 aliphatic rings. The molecule has 1 unspecified atom stereocenters. The molecule has 54 heavy (non-hydrogen) atoms. The van der Waals surface area contributed by atoms with E-state index in [0.29, 0.717) is 17.4 Å². The van der Waals surface area contributed by atoms with Crippen molar-refractivity contribution in [3.63, 3.8) is 0 Å². The monoisotopic (exact) mass is 789 g/mol. The Bertz CT molecular complexity index is 938. The first-order valence-corrected chi connectivity index (χ1v) is 23.9. The molecule has 0 aromatic rings. The SMILES string of the molecule is CCCCCCCC/C=C\CCCCCCCC(=O)OC[C@H](COP(=O)(O)OCC[N+](C)(C)C)OC(=O)CCCCCCCCCCCCCCCCC. The Labute approximate surface area is 333 Å². The van der Waals surface area contributed by atoms with Gasteiger partial charge in [0.25, 0.3) is 0 Å². The van der Waals surface area contributed by atoms with Crippen molar-refractivity contribution in [2.75, 3.05) is 47.5 Å². The summed E-state index contributed by atoms with van der Waals surface area (Å²) in [5.74, 6) is -0.798. The molecule has 0 saturated carbocycles. The van der Waals surface area contributed by atoms with Gasteiger partial charge in [-0.15, -0.1) is 0 Å². The number of esters is 2. The van der Waals surface area contributed by atoms with E-state index in [2.05, 4.69) is 26.0 Å². The smallest absolute Gasteiger partial charge is 0.462 e. The maximum absolute atomic E-state index is 12.7. The number of ether oxygens (including phenoxy) is 2. The van der Waals surface area contributed by atoms with Crippen LogP contribution in [0.25, 0.3) is 0 Å². The van der Waals surface area contributed by atoms with Crippen LogP contribution in [0.15, 0.2) is 12.2 Å². The zero-order valence-electron chi connectivity index (χ0n) is 36.0.